The lowest BCUT2D eigenvalue weighted by molar-refractivity contribution is -0.146. The molecule has 0 aromatic carbocycles. The average Bonchev–Trinajstić information content (AvgIpc) is 2.39. The van der Waals surface area contributed by atoms with E-state index in [4.69, 9.17) is 14.2 Å². The highest BCUT2D eigenvalue weighted by Crippen LogP contribution is 2.06. The van der Waals surface area contributed by atoms with E-state index < -0.39 is 0 Å². The summed E-state index contributed by atoms with van der Waals surface area (Å²) in [5, 5.41) is 0. The van der Waals surface area contributed by atoms with Gasteiger partial charge in [0.2, 0.25) is 0 Å². The van der Waals surface area contributed by atoms with Crippen molar-refractivity contribution in [2.75, 3.05) is 26.9 Å². The monoisotopic (exact) mass is 274 g/mol. The SMILES string of the molecule is CCOC(=O)CCCCC(=O)OCC(C)CCOC. The average molecular weight is 274 g/mol. The second-order valence-electron chi connectivity index (χ2n) is 4.58. The van der Waals surface area contributed by atoms with Crippen LogP contribution in [0.1, 0.15) is 46.0 Å². The van der Waals surface area contributed by atoms with E-state index in [0.29, 0.717) is 51.4 Å². The summed E-state index contributed by atoms with van der Waals surface area (Å²) in [6.45, 7) is 5.31. The Bertz CT molecular complexity index is 252. The summed E-state index contributed by atoms with van der Waals surface area (Å²) in [7, 11) is 1.66. The van der Waals surface area contributed by atoms with Gasteiger partial charge >= 0.3 is 11.9 Å². The van der Waals surface area contributed by atoms with Crippen molar-refractivity contribution in [2.24, 2.45) is 5.92 Å². The molecule has 1 unspecified atom stereocenters. The minimum absolute atomic E-state index is 0.201. The van der Waals surface area contributed by atoms with E-state index in [2.05, 4.69) is 0 Å². The quantitative estimate of drug-likeness (QED) is 0.427. The molecule has 0 aromatic rings. The van der Waals surface area contributed by atoms with Crippen molar-refractivity contribution in [3.63, 3.8) is 0 Å². The molecule has 0 heterocycles. The van der Waals surface area contributed by atoms with Crippen LogP contribution in [0.25, 0.3) is 0 Å². The van der Waals surface area contributed by atoms with E-state index in [9.17, 15) is 9.59 Å². The lowest BCUT2D eigenvalue weighted by Gasteiger charge is -2.11. The molecule has 0 aliphatic rings. The molecular weight excluding hydrogens is 248 g/mol. The van der Waals surface area contributed by atoms with Crippen LogP contribution in [-0.4, -0.2) is 38.9 Å². The fourth-order valence-corrected chi connectivity index (χ4v) is 1.48. The van der Waals surface area contributed by atoms with Crippen LogP contribution in [0, 0.1) is 5.92 Å². The molecule has 0 saturated heterocycles. The third-order valence-electron chi connectivity index (χ3n) is 2.66. The summed E-state index contributed by atoms with van der Waals surface area (Å²) >= 11 is 0. The standard InChI is InChI=1S/C14H26O5/c1-4-18-13(15)7-5-6-8-14(16)19-11-12(2)9-10-17-3/h12H,4-11H2,1-3H3. The molecule has 5 heteroatoms. The highest BCUT2D eigenvalue weighted by atomic mass is 16.5. The van der Waals surface area contributed by atoms with Gasteiger partial charge in [0, 0.05) is 26.6 Å². The van der Waals surface area contributed by atoms with Crippen LogP contribution in [0.2, 0.25) is 0 Å². The van der Waals surface area contributed by atoms with E-state index in [0.717, 1.165) is 6.42 Å². The van der Waals surface area contributed by atoms with Crippen molar-refractivity contribution in [1.82, 2.24) is 0 Å². The molecule has 0 fully saturated rings. The predicted molar refractivity (Wildman–Crippen MR) is 71.7 cm³/mol. The van der Waals surface area contributed by atoms with Crippen molar-refractivity contribution >= 4 is 11.9 Å². The number of methoxy groups -OCH3 is 1. The van der Waals surface area contributed by atoms with Gasteiger partial charge in [-0.2, -0.15) is 0 Å². The molecule has 0 N–H and O–H groups in total. The Labute approximate surface area is 115 Å². The first-order chi connectivity index (χ1) is 9.10. The Balaban J connectivity index is 3.46. The summed E-state index contributed by atoms with van der Waals surface area (Å²) in [6, 6.07) is 0. The summed E-state index contributed by atoms with van der Waals surface area (Å²) in [5.74, 6) is -0.0967. The van der Waals surface area contributed by atoms with Crippen LogP contribution in [0.5, 0.6) is 0 Å². The Morgan fingerprint density at radius 1 is 1.05 bits per heavy atom. The minimum Gasteiger partial charge on any atom is -0.466 e. The minimum atomic E-state index is -0.205. The largest absolute Gasteiger partial charge is 0.466 e. The van der Waals surface area contributed by atoms with Crippen molar-refractivity contribution in [3.8, 4) is 0 Å². The fraction of sp³-hybridized carbons (Fsp3) is 0.857. The first kappa shape index (κ1) is 17.9. The van der Waals surface area contributed by atoms with Crippen molar-refractivity contribution in [2.45, 2.75) is 46.0 Å². The molecule has 0 aliphatic carbocycles. The molecule has 0 bridgehead atoms. The molecule has 19 heavy (non-hydrogen) atoms. The summed E-state index contributed by atoms with van der Waals surface area (Å²) in [4.78, 5) is 22.5. The van der Waals surface area contributed by atoms with Gasteiger partial charge in [-0.05, 0) is 32.1 Å². The number of hydrogen-bond donors (Lipinski definition) is 0. The van der Waals surface area contributed by atoms with Crippen LogP contribution in [0.3, 0.4) is 0 Å². The third-order valence-corrected chi connectivity index (χ3v) is 2.66. The summed E-state index contributed by atoms with van der Waals surface area (Å²) in [6.07, 6.45) is 2.92. The zero-order valence-electron chi connectivity index (χ0n) is 12.3. The molecule has 0 aliphatic heterocycles. The van der Waals surface area contributed by atoms with E-state index in [1.807, 2.05) is 6.92 Å². The molecule has 0 aromatic heterocycles. The number of carbonyl (C=O) groups is 2. The van der Waals surface area contributed by atoms with Gasteiger partial charge in [-0.3, -0.25) is 9.59 Å². The van der Waals surface area contributed by atoms with Gasteiger partial charge in [-0.1, -0.05) is 6.92 Å². The molecule has 112 valence electrons. The Morgan fingerprint density at radius 3 is 2.16 bits per heavy atom. The predicted octanol–water partition coefficient (Wildman–Crippen LogP) is 2.33. The zero-order valence-corrected chi connectivity index (χ0v) is 12.3. The summed E-state index contributed by atoms with van der Waals surface area (Å²) in [5.41, 5.74) is 0. The van der Waals surface area contributed by atoms with Crippen molar-refractivity contribution in [1.29, 1.82) is 0 Å². The molecule has 0 rings (SSSR count). The molecule has 0 radical (unpaired) electrons. The smallest absolute Gasteiger partial charge is 0.305 e. The second-order valence-corrected chi connectivity index (χ2v) is 4.58. The topological polar surface area (TPSA) is 61.8 Å². The van der Waals surface area contributed by atoms with Gasteiger partial charge in [0.15, 0.2) is 0 Å². The van der Waals surface area contributed by atoms with E-state index in [1.165, 1.54) is 0 Å². The second kappa shape index (κ2) is 12.0. The first-order valence-corrected chi connectivity index (χ1v) is 6.90. The third kappa shape index (κ3) is 11.7. The summed E-state index contributed by atoms with van der Waals surface area (Å²) < 4.78 is 14.9. The molecule has 0 amide bonds. The number of ether oxygens (including phenoxy) is 3. The van der Waals surface area contributed by atoms with Gasteiger partial charge in [0.05, 0.1) is 13.2 Å². The number of rotatable bonds is 11. The van der Waals surface area contributed by atoms with Crippen LogP contribution >= 0.6 is 0 Å². The van der Waals surface area contributed by atoms with Crippen LogP contribution in [0.15, 0.2) is 0 Å². The van der Waals surface area contributed by atoms with E-state index >= 15 is 0 Å². The number of unbranched alkanes of at least 4 members (excludes halogenated alkanes) is 1. The van der Waals surface area contributed by atoms with Crippen molar-refractivity contribution < 1.29 is 23.8 Å². The maximum Gasteiger partial charge on any atom is 0.305 e. The van der Waals surface area contributed by atoms with E-state index in [-0.39, 0.29) is 11.9 Å². The highest BCUT2D eigenvalue weighted by molar-refractivity contribution is 5.70. The van der Waals surface area contributed by atoms with Crippen LogP contribution < -0.4 is 0 Å². The lowest BCUT2D eigenvalue weighted by atomic mass is 10.1. The fourth-order valence-electron chi connectivity index (χ4n) is 1.48. The maximum absolute atomic E-state index is 11.4. The van der Waals surface area contributed by atoms with Gasteiger partial charge in [0.1, 0.15) is 0 Å². The highest BCUT2D eigenvalue weighted by Gasteiger charge is 2.08. The Hall–Kier alpha value is -1.10. The Morgan fingerprint density at radius 2 is 1.63 bits per heavy atom. The van der Waals surface area contributed by atoms with Gasteiger partial charge in [-0.25, -0.2) is 0 Å². The van der Waals surface area contributed by atoms with Gasteiger partial charge in [0.25, 0.3) is 0 Å². The zero-order chi connectivity index (χ0) is 14.5. The maximum atomic E-state index is 11.4. The molecule has 5 nitrogen and oxygen atoms in total. The normalized spacial score (nSPS) is 11.9. The molecule has 0 saturated carbocycles. The number of hydrogen-bond acceptors (Lipinski definition) is 5. The van der Waals surface area contributed by atoms with Gasteiger partial charge in [-0.15, -0.1) is 0 Å². The lowest BCUT2D eigenvalue weighted by Crippen LogP contribution is -2.13. The molecular formula is C14H26O5. The molecule has 0 spiro atoms. The van der Waals surface area contributed by atoms with Crippen LogP contribution in [0.4, 0.5) is 0 Å². The first-order valence-electron chi connectivity index (χ1n) is 6.90. The molecule has 1 atom stereocenters. The van der Waals surface area contributed by atoms with Crippen LogP contribution in [-0.2, 0) is 23.8 Å². The van der Waals surface area contributed by atoms with E-state index in [1.54, 1.807) is 14.0 Å². The van der Waals surface area contributed by atoms with Gasteiger partial charge < -0.3 is 14.2 Å². The van der Waals surface area contributed by atoms with Crippen molar-refractivity contribution in [3.05, 3.63) is 0 Å². The Kier molecular flexibility index (Phi) is 11.3. The number of esters is 2. The number of carbonyl (C=O) groups excluding carboxylic acids is 2.